The van der Waals surface area contributed by atoms with E-state index in [9.17, 15) is 0 Å². The van der Waals surface area contributed by atoms with Crippen molar-refractivity contribution in [2.24, 2.45) is 0 Å². The van der Waals surface area contributed by atoms with Gasteiger partial charge in [-0.15, -0.1) is 0 Å². The van der Waals surface area contributed by atoms with Crippen LogP contribution in [-0.2, 0) is 0 Å². The quantitative estimate of drug-likeness (QED) is 0.175. The molecular formula is C54H36N4O. The summed E-state index contributed by atoms with van der Waals surface area (Å²) in [6, 6.07) is 65.7. The van der Waals surface area contributed by atoms with E-state index in [4.69, 9.17) is 19.4 Å². The first kappa shape index (κ1) is 34.4. The van der Waals surface area contributed by atoms with E-state index in [1.807, 2.05) is 42.5 Å². The molecule has 0 bridgehead atoms. The Morgan fingerprint density at radius 3 is 1.46 bits per heavy atom. The maximum absolute atomic E-state index is 6.58. The zero-order chi connectivity index (χ0) is 39.1. The topological polar surface area (TPSA) is 63.8 Å². The number of nitrogens with one attached hydrogen (secondary N) is 1. The number of furan rings is 1. The average Bonchev–Trinajstić information content (AvgIpc) is 3.70. The Balaban J connectivity index is 1.07. The zero-order valence-electron chi connectivity index (χ0n) is 32.0. The Morgan fingerprint density at radius 2 is 0.847 bits per heavy atom. The van der Waals surface area contributed by atoms with Gasteiger partial charge in [0, 0.05) is 23.2 Å². The van der Waals surface area contributed by atoms with E-state index in [0.29, 0.717) is 17.5 Å². The van der Waals surface area contributed by atoms with Crippen molar-refractivity contribution in [2.75, 3.05) is 11.9 Å². The molecule has 0 saturated carbocycles. The van der Waals surface area contributed by atoms with Crippen LogP contribution in [0.15, 0.2) is 199 Å². The Hall–Kier alpha value is -7.89. The molecule has 0 aliphatic carbocycles. The van der Waals surface area contributed by atoms with Gasteiger partial charge in [-0.25, -0.2) is 15.0 Å². The molecular weight excluding hydrogens is 721 g/mol. The van der Waals surface area contributed by atoms with Crippen molar-refractivity contribution < 1.29 is 4.42 Å². The largest absolute Gasteiger partial charge is 0.454 e. The van der Waals surface area contributed by atoms with Crippen LogP contribution < -0.4 is 5.32 Å². The van der Waals surface area contributed by atoms with E-state index >= 15 is 0 Å². The first-order chi connectivity index (χ1) is 29.2. The molecule has 0 radical (unpaired) electrons. The number of anilines is 1. The maximum Gasteiger partial charge on any atom is 0.164 e. The molecule has 0 fully saturated rings. The van der Waals surface area contributed by atoms with Crippen molar-refractivity contribution in [1.82, 2.24) is 15.0 Å². The molecule has 0 atom stereocenters. The summed E-state index contributed by atoms with van der Waals surface area (Å²) in [5.41, 5.74) is 13.7. The Labute approximate surface area is 342 Å². The predicted octanol–water partition coefficient (Wildman–Crippen LogP) is 13.9. The van der Waals surface area contributed by atoms with Crippen LogP contribution >= 0.6 is 0 Å². The molecule has 5 heteroatoms. The van der Waals surface area contributed by atoms with E-state index in [2.05, 4.69) is 163 Å². The van der Waals surface area contributed by atoms with Crippen LogP contribution in [0, 0.1) is 0 Å². The summed E-state index contributed by atoms with van der Waals surface area (Å²) in [4.78, 5) is 15.4. The van der Waals surface area contributed by atoms with Gasteiger partial charge in [-0.3, -0.25) is 0 Å². The minimum Gasteiger partial charge on any atom is -0.454 e. The van der Waals surface area contributed by atoms with Crippen LogP contribution in [-0.4, -0.2) is 21.5 Å². The highest BCUT2D eigenvalue weighted by Gasteiger charge is 2.23. The minimum atomic E-state index is 0.619. The standard InChI is InChI=1S/C54H36N4O/c1-4-13-35(14-5-1)37-22-24-39(25-23-37)42-33-47(50-49(34-42)59-48-21-12-32-55-51(48)50)45-30-31-46(44-20-11-10-19-43(44)45)54-57-52(40-17-8-3-9-18-40)56-53(58-54)41-28-26-38(27-29-41)36-15-6-2-7-16-36/h1-31,33-34,55H,32H2. The van der Waals surface area contributed by atoms with E-state index in [1.165, 1.54) is 16.7 Å². The summed E-state index contributed by atoms with van der Waals surface area (Å²) >= 11 is 0. The monoisotopic (exact) mass is 756 g/mol. The Kier molecular flexibility index (Phi) is 8.48. The first-order valence-electron chi connectivity index (χ1n) is 19.9. The molecule has 0 spiro atoms. The number of hydrogen-bond donors (Lipinski definition) is 1. The molecule has 1 N–H and O–H groups in total. The highest BCUT2D eigenvalue weighted by Crippen LogP contribution is 2.46. The lowest BCUT2D eigenvalue weighted by Gasteiger charge is -2.16. The van der Waals surface area contributed by atoms with Crippen molar-refractivity contribution >= 4 is 33.5 Å². The zero-order valence-corrected chi connectivity index (χ0v) is 32.0. The number of hydrogen-bond acceptors (Lipinski definition) is 5. The van der Waals surface area contributed by atoms with E-state index in [0.717, 1.165) is 84.2 Å². The fourth-order valence-electron chi connectivity index (χ4n) is 8.24. The van der Waals surface area contributed by atoms with Crippen molar-refractivity contribution in [3.8, 4) is 78.7 Å². The van der Waals surface area contributed by atoms with Gasteiger partial charge in [0.25, 0.3) is 0 Å². The maximum atomic E-state index is 6.58. The lowest BCUT2D eigenvalue weighted by molar-refractivity contribution is 0.604. The smallest absolute Gasteiger partial charge is 0.164 e. The van der Waals surface area contributed by atoms with Crippen LogP contribution in [0.2, 0.25) is 0 Å². The molecule has 0 unspecified atom stereocenters. The molecule has 1 aliphatic heterocycles. The second-order valence-electron chi connectivity index (χ2n) is 14.8. The Morgan fingerprint density at radius 1 is 0.390 bits per heavy atom. The third-order valence-electron chi connectivity index (χ3n) is 11.2. The summed E-state index contributed by atoms with van der Waals surface area (Å²) < 4.78 is 6.58. The molecule has 59 heavy (non-hydrogen) atoms. The number of rotatable bonds is 7. The van der Waals surface area contributed by atoms with Gasteiger partial charge < -0.3 is 9.73 Å². The third kappa shape index (κ3) is 6.35. The van der Waals surface area contributed by atoms with E-state index in [-0.39, 0.29) is 0 Å². The minimum absolute atomic E-state index is 0.619. The molecule has 0 amide bonds. The highest BCUT2D eigenvalue weighted by molar-refractivity contribution is 6.14. The average molecular weight is 757 g/mol. The lowest BCUT2D eigenvalue weighted by atomic mass is 9.90. The molecule has 278 valence electrons. The summed E-state index contributed by atoms with van der Waals surface area (Å²) in [6.07, 6.45) is 4.17. The van der Waals surface area contributed by atoms with Gasteiger partial charge in [-0.2, -0.15) is 0 Å². The lowest BCUT2D eigenvalue weighted by Crippen LogP contribution is -2.02. The normalized spacial score (nSPS) is 12.1. The molecule has 11 rings (SSSR count). The second-order valence-corrected chi connectivity index (χ2v) is 14.8. The molecule has 3 heterocycles. The van der Waals surface area contributed by atoms with Gasteiger partial charge >= 0.3 is 0 Å². The Bertz CT molecular complexity index is 3170. The molecule has 2 aromatic heterocycles. The van der Waals surface area contributed by atoms with Gasteiger partial charge in [0.15, 0.2) is 23.2 Å². The van der Waals surface area contributed by atoms with Gasteiger partial charge in [0.05, 0.1) is 11.1 Å². The van der Waals surface area contributed by atoms with Gasteiger partial charge in [-0.1, -0.05) is 176 Å². The van der Waals surface area contributed by atoms with E-state index in [1.54, 1.807) is 0 Å². The highest BCUT2D eigenvalue weighted by atomic mass is 16.3. The SMILES string of the molecule is C1=Cc2oc3cc(-c4ccc(-c5ccccc5)cc4)cc(-c4ccc(-c5nc(-c6ccccc6)nc(-c6ccc(-c7ccccc7)cc6)n5)c5ccccc45)c3c2NC1. The van der Waals surface area contributed by atoms with Crippen LogP contribution in [0.4, 0.5) is 5.69 Å². The van der Waals surface area contributed by atoms with Crippen molar-refractivity contribution in [2.45, 2.75) is 0 Å². The van der Waals surface area contributed by atoms with Crippen LogP contribution in [0.25, 0.3) is 106 Å². The number of nitrogens with zero attached hydrogens (tertiary/aromatic N) is 3. The van der Waals surface area contributed by atoms with Crippen LogP contribution in [0.1, 0.15) is 5.76 Å². The molecule has 8 aromatic carbocycles. The summed E-state index contributed by atoms with van der Waals surface area (Å²) in [7, 11) is 0. The number of benzene rings is 8. The van der Waals surface area contributed by atoms with Gasteiger partial charge in [-0.05, 0) is 79.6 Å². The predicted molar refractivity (Wildman–Crippen MR) is 243 cm³/mol. The summed E-state index contributed by atoms with van der Waals surface area (Å²) in [5, 5.41) is 6.83. The summed E-state index contributed by atoms with van der Waals surface area (Å²) in [6.45, 7) is 0.740. The first-order valence-corrected chi connectivity index (χ1v) is 19.9. The molecule has 10 aromatic rings. The number of fused-ring (bicyclic) bond motifs is 4. The molecule has 1 aliphatic rings. The fourth-order valence-corrected chi connectivity index (χ4v) is 8.24. The van der Waals surface area contributed by atoms with Crippen molar-refractivity contribution in [3.63, 3.8) is 0 Å². The number of aromatic nitrogens is 3. The third-order valence-corrected chi connectivity index (χ3v) is 11.2. The van der Waals surface area contributed by atoms with Crippen molar-refractivity contribution in [1.29, 1.82) is 0 Å². The van der Waals surface area contributed by atoms with E-state index < -0.39 is 0 Å². The summed E-state index contributed by atoms with van der Waals surface area (Å²) in [5.74, 6) is 2.71. The molecule has 5 nitrogen and oxygen atoms in total. The van der Waals surface area contributed by atoms with Crippen LogP contribution in [0.3, 0.4) is 0 Å². The van der Waals surface area contributed by atoms with Gasteiger partial charge in [0.1, 0.15) is 5.58 Å². The second kappa shape index (κ2) is 14.6. The fraction of sp³-hybridized carbons (Fsp3) is 0.0185. The van der Waals surface area contributed by atoms with Crippen molar-refractivity contribution in [3.05, 3.63) is 200 Å². The van der Waals surface area contributed by atoms with Crippen LogP contribution in [0.5, 0.6) is 0 Å². The molecule has 0 saturated heterocycles. The van der Waals surface area contributed by atoms with Gasteiger partial charge in [0.2, 0.25) is 0 Å².